The molecule has 0 spiro atoms. The number of amides is 2. The van der Waals surface area contributed by atoms with E-state index in [0.29, 0.717) is 22.4 Å². The van der Waals surface area contributed by atoms with Crippen molar-refractivity contribution in [1.82, 2.24) is 15.5 Å². The van der Waals surface area contributed by atoms with Crippen LogP contribution in [0.15, 0.2) is 41.1 Å². The van der Waals surface area contributed by atoms with Gasteiger partial charge >= 0.3 is 6.03 Å². The van der Waals surface area contributed by atoms with Crippen LogP contribution in [0.4, 0.5) is 4.79 Å². The van der Waals surface area contributed by atoms with E-state index in [1.807, 2.05) is 38.1 Å². The Labute approximate surface area is 160 Å². The highest BCUT2D eigenvalue weighted by molar-refractivity contribution is 7.16. The van der Waals surface area contributed by atoms with Crippen LogP contribution in [0.3, 0.4) is 0 Å². The molecule has 0 aliphatic carbocycles. The Hall–Kier alpha value is -3.07. The van der Waals surface area contributed by atoms with Crippen LogP contribution in [0, 0.1) is 0 Å². The van der Waals surface area contributed by atoms with Crippen LogP contribution >= 0.6 is 11.3 Å². The number of rotatable bonds is 7. The average Bonchev–Trinajstić information content (AvgIpc) is 3.25. The van der Waals surface area contributed by atoms with Crippen LogP contribution < -0.4 is 20.5 Å². The second-order valence-corrected chi connectivity index (χ2v) is 7.07. The summed E-state index contributed by atoms with van der Waals surface area (Å²) < 4.78 is 16.6. The van der Waals surface area contributed by atoms with Gasteiger partial charge in [0.05, 0.1) is 23.2 Å². The van der Waals surface area contributed by atoms with Crippen LogP contribution in [-0.2, 0) is 0 Å². The number of nitrogens with one attached hydrogen (secondary N) is 1. The van der Waals surface area contributed by atoms with Gasteiger partial charge in [-0.05, 0) is 45.0 Å². The predicted octanol–water partition coefficient (Wildman–Crippen LogP) is 4.11. The molecule has 2 heterocycles. The quantitative estimate of drug-likeness (QED) is 0.630. The first-order chi connectivity index (χ1) is 12.9. The number of benzene rings is 1. The van der Waals surface area contributed by atoms with Gasteiger partial charge < -0.3 is 25.0 Å². The van der Waals surface area contributed by atoms with Crippen LogP contribution in [0.25, 0.3) is 10.6 Å². The number of carbonyl (C=O) groups is 1. The third kappa shape index (κ3) is 4.98. The minimum Gasteiger partial charge on any atom is -0.491 e. The SMILES string of the molecule is CC(C)Oc1ccc(Oc2ncc(-c3cc(C(C)NC(N)=O)on3)s2)cc1. The highest BCUT2D eigenvalue weighted by Gasteiger charge is 2.16. The summed E-state index contributed by atoms with van der Waals surface area (Å²) in [6.07, 6.45) is 1.77. The molecule has 2 amide bonds. The lowest BCUT2D eigenvalue weighted by atomic mass is 10.2. The molecule has 0 radical (unpaired) electrons. The lowest BCUT2D eigenvalue weighted by Crippen LogP contribution is -2.31. The summed E-state index contributed by atoms with van der Waals surface area (Å²) in [5.74, 6) is 1.94. The minimum absolute atomic E-state index is 0.117. The fourth-order valence-electron chi connectivity index (χ4n) is 2.28. The Kier molecular flexibility index (Phi) is 5.60. The Morgan fingerprint density at radius 2 is 1.93 bits per heavy atom. The first-order valence-electron chi connectivity index (χ1n) is 8.34. The molecule has 3 rings (SSSR count). The van der Waals surface area contributed by atoms with Crippen molar-refractivity contribution >= 4 is 17.4 Å². The molecule has 0 saturated carbocycles. The first kappa shape index (κ1) is 18.7. The van der Waals surface area contributed by atoms with E-state index in [9.17, 15) is 4.79 Å². The van der Waals surface area contributed by atoms with E-state index in [0.717, 1.165) is 10.6 Å². The average molecular weight is 388 g/mol. The minimum atomic E-state index is -0.626. The number of urea groups is 1. The van der Waals surface area contributed by atoms with Gasteiger partial charge in [0.2, 0.25) is 0 Å². The molecule has 27 heavy (non-hydrogen) atoms. The van der Waals surface area contributed by atoms with Gasteiger partial charge in [0.1, 0.15) is 17.2 Å². The van der Waals surface area contributed by atoms with E-state index in [2.05, 4.69) is 15.5 Å². The van der Waals surface area contributed by atoms with E-state index in [-0.39, 0.29) is 12.1 Å². The van der Waals surface area contributed by atoms with Gasteiger partial charge in [0.15, 0.2) is 5.76 Å². The molecule has 2 aromatic heterocycles. The molecule has 0 aliphatic rings. The maximum atomic E-state index is 10.9. The summed E-state index contributed by atoms with van der Waals surface area (Å²) >= 11 is 1.34. The third-order valence-electron chi connectivity index (χ3n) is 3.45. The smallest absolute Gasteiger partial charge is 0.312 e. The molecule has 1 unspecified atom stereocenters. The second-order valence-electron chi connectivity index (χ2n) is 6.08. The second kappa shape index (κ2) is 8.09. The lowest BCUT2D eigenvalue weighted by molar-refractivity contribution is 0.242. The standard InChI is InChI=1S/C18H20N4O4S/c1-10(2)24-12-4-6-13(7-5-12)25-18-20-9-16(27-18)14-8-15(26-22-14)11(3)21-17(19)23/h4-11H,1-3H3,(H3,19,21,23). The number of carbonyl (C=O) groups excluding carboxylic acids is 1. The van der Waals surface area contributed by atoms with Gasteiger partial charge in [-0.3, -0.25) is 0 Å². The van der Waals surface area contributed by atoms with Gasteiger partial charge in [-0.2, -0.15) is 0 Å². The van der Waals surface area contributed by atoms with Crippen molar-refractivity contribution in [1.29, 1.82) is 0 Å². The van der Waals surface area contributed by atoms with Crippen molar-refractivity contribution < 1.29 is 18.8 Å². The third-order valence-corrected chi connectivity index (χ3v) is 4.35. The molecule has 3 aromatic rings. The Morgan fingerprint density at radius 1 is 1.22 bits per heavy atom. The normalized spacial score (nSPS) is 12.0. The summed E-state index contributed by atoms with van der Waals surface area (Å²) in [5.41, 5.74) is 5.72. The number of aromatic nitrogens is 2. The maximum Gasteiger partial charge on any atom is 0.312 e. The Bertz CT molecular complexity index is 904. The molecular weight excluding hydrogens is 368 g/mol. The molecule has 142 valence electrons. The number of nitrogens with two attached hydrogens (primary N) is 1. The van der Waals surface area contributed by atoms with Crippen molar-refractivity contribution in [2.45, 2.75) is 32.9 Å². The van der Waals surface area contributed by atoms with Gasteiger partial charge in [-0.1, -0.05) is 16.5 Å². The van der Waals surface area contributed by atoms with E-state index >= 15 is 0 Å². The predicted molar refractivity (Wildman–Crippen MR) is 101 cm³/mol. The zero-order valence-electron chi connectivity index (χ0n) is 15.1. The van der Waals surface area contributed by atoms with Crippen molar-refractivity contribution in [3.63, 3.8) is 0 Å². The van der Waals surface area contributed by atoms with Gasteiger partial charge in [0.25, 0.3) is 5.19 Å². The van der Waals surface area contributed by atoms with Crippen LogP contribution in [0.1, 0.15) is 32.6 Å². The molecular formula is C18H20N4O4S. The molecule has 0 aliphatic heterocycles. The van der Waals surface area contributed by atoms with Crippen LogP contribution in [-0.4, -0.2) is 22.3 Å². The van der Waals surface area contributed by atoms with Crippen LogP contribution in [0.2, 0.25) is 0 Å². The number of nitrogens with zero attached hydrogens (tertiary/aromatic N) is 2. The summed E-state index contributed by atoms with van der Waals surface area (Å²) in [6, 6.07) is 8.07. The highest BCUT2D eigenvalue weighted by atomic mass is 32.1. The zero-order chi connectivity index (χ0) is 19.4. The number of ether oxygens (including phenoxy) is 2. The first-order valence-corrected chi connectivity index (χ1v) is 9.15. The molecule has 1 atom stereocenters. The zero-order valence-corrected chi connectivity index (χ0v) is 15.9. The fourth-order valence-corrected chi connectivity index (χ4v) is 3.01. The number of hydrogen-bond acceptors (Lipinski definition) is 7. The Balaban J connectivity index is 1.66. The molecule has 3 N–H and O–H groups in total. The molecule has 0 saturated heterocycles. The van der Waals surface area contributed by atoms with Gasteiger partial charge in [-0.15, -0.1) is 0 Å². The largest absolute Gasteiger partial charge is 0.491 e. The molecule has 0 bridgehead atoms. The summed E-state index contributed by atoms with van der Waals surface area (Å²) in [6.45, 7) is 5.70. The van der Waals surface area contributed by atoms with E-state index in [4.69, 9.17) is 19.7 Å². The van der Waals surface area contributed by atoms with E-state index in [1.54, 1.807) is 19.2 Å². The van der Waals surface area contributed by atoms with Gasteiger partial charge in [0, 0.05) is 6.07 Å². The molecule has 1 aromatic carbocycles. The highest BCUT2D eigenvalue weighted by Crippen LogP contribution is 2.33. The molecule has 9 heteroatoms. The number of primary amides is 1. The van der Waals surface area contributed by atoms with Crippen molar-refractivity contribution in [2.75, 3.05) is 0 Å². The lowest BCUT2D eigenvalue weighted by Gasteiger charge is -2.09. The summed E-state index contributed by atoms with van der Waals surface area (Å²) in [5, 5.41) is 7.02. The topological polar surface area (TPSA) is 112 Å². The van der Waals surface area contributed by atoms with Crippen molar-refractivity contribution in [3.05, 3.63) is 42.3 Å². The van der Waals surface area contributed by atoms with Gasteiger partial charge in [-0.25, -0.2) is 9.78 Å². The maximum absolute atomic E-state index is 10.9. The van der Waals surface area contributed by atoms with Crippen molar-refractivity contribution in [3.8, 4) is 27.3 Å². The number of hydrogen-bond donors (Lipinski definition) is 2. The summed E-state index contributed by atoms with van der Waals surface area (Å²) in [4.78, 5) is 16.0. The summed E-state index contributed by atoms with van der Waals surface area (Å²) in [7, 11) is 0. The van der Waals surface area contributed by atoms with E-state index in [1.165, 1.54) is 11.3 Å². The number of thiazole rings is 1. The van der Waals surface area contributed by atoms with Crippen molar-refractivity contribution in [2.24, 2.45) is 5.73 Å². The fraction of sp³-hybridized carbons (Fsp3) is 0.278. The monoisotopic (exact) mass is 388 g/mol. The van der Waals surface area contributed by atoms with E-state index < -0.39 is 6.03 Å². The Morgan fingerprint density at radius 3 is 2.59 bits per heavy atom. The molecule has 0 fully saturated rings. The molecule has 8 nitrogen and oxygen atoms in total. The van der Waals surface area contributed by atoms with Crippen LogP contribution in [0.5, 0.6) is 16.7 Å².